The minimum atomic E-state index is 0.403. The van der Waals surface area contributed by atoms with Crippen molar-refractivity contribution in [2.24, 2.45) is 17.6 Å². The zero-order valence-corrected chi connectivity index (χ0v) is 10.4. The second kappa shape index (κ2) is 5.01. The van der Waals surface area contributed by atoms with E-state index in [4.69, 9.17) is 5.73 Å². The number of hydrogen-bond donors (Lipinski definition) is 1. The molecule has 1 aromatic rings. The Kier molecular flexibility index (Phi) is 3.65. The molecule has 0 aliphatic heterocycles. The molecule has 0 amide bonds. The summed E-state index contributed by atoms with van der Waals surface area (Å²) in [6, 6.07) is 11.2. The fraction of sp³-hybridized carbons (Fsp3) is 0.600. The predicted molar refractivity (Wildman–Crippen MR) is 69.3 cm³/mol. The van der Waals surface area contributed by atoms with Gasteiger partial charge in [0.15, 0.2) is 0 Å². The van der Waals surface area contributed by atoms with Gasteiger partial charge in [0, 0.05) is 6.04 Å². The third-order valence-corrected chi connectivity index (χ3v) is 4.15. The van der Waals surface area contributed by atoms with Gasteiger partial charge in [0.1, 0.15) is 0 Å². The topological polar surface area (TPSA) is 26.0 Å². The van der Waals surface area contributed by atoms with Crippen LogP contribution in [-0.4, -0.2) is 6.04 Å². The van der Waals surface area contributed by atoms with Crippen molar-refractivity contribution >= 4 is 0 Å². The van der Waals surface area contributed by atoms with Gasteiger partial charge in [-0.05, 0) is 29.7 Å². The van der Waals surface area contributed by atoms with E-state index in [0.29, 0.717) is 12.0 Å². The van der Waals surface area contributed by atoms with Crippen molar-refractivity contribution in [2.75, 3.05) is 0 Å². The lowest BCUT2D eigenvalue weighted by Gasteiger charge is -2.21. The van der Waals surface area contributed by atoms with Crippen molar-refractivity contribution in [1.29, 1.82) is 0 Å². The van der Waals surface area contributed by atoms with Gasteiger partial charge in [0.05, 0.1) is 0 Å². The first-order chi connectivity index (χ1) is 7.77. The molecule has 1 fully saturated rings. The third-order valence-electron chi connectivity index (χ3n) is 4.15. The normalized spacial score (nSPS) is 25.8. The number of benzene rings is 1. The second-order valence-corrected chi connectivity index (χ2v) is 5.07. The van der Waals surface area contributed by atoms with Gasteiger partial charge in [-0.3, -0.25) is 0 Å². The van der Waals surface area contributed by atoms with Crippen molar-refractivity contribution in [3.05, 3.63) is 35.9 Å². The lowest BCUT2D eigenvalue weighted by atomic mass is 9.90. The molecule has 1 aliphatic carbocycles. The molecule has 0 aromatic heterocycles. The van der Waals surface area contributed by atoms with E-state index >= 15 is 0 Å². The molecule has 16 heavy (non-hydrogen) atoms. The Morgan fingerprint density at radius 2 is 1.81 bits per heavy atom. The standard InChI is InChI=1S/C15H23N/c1-3-11(4-2)15(16)14-10-13(14)12-8-6-5-7-9-12/h5-9,11,13-15H,3-4,10,16H2,1-2H3. The van der Waals surface area contributed by atoms with Crippen LogP contribution in [-0.2, 0) is 0 Å². The first kappa shape index (κ1) is 11.7. The number of hydrogen-bond acceptors (Lipinski definition) is 1. The fourth-order valence-electron chi connectivity index (χ4n) is 2.91. The summed E-state index contributed by atoms with van der Waals surface area (Å²) in [5.41, 5.74) is 7.85. The SMILES string of the molecule is CCC(CC)C(N)C1CC1c1ccccc1. The van der Waals surface area contributed by atoms with E-state index < -0.39 is 0 Å². The van der Waals surface area contributed by atoms with E-state index in [2.05, 4.69) is 44.2 Å². The van der Waals surface area contributed by atoms with Crippen LogP contribution in [0, 0.1) is 11.8 Å². The molecule has 0 radical (unpaired) electrons. The number of nitrogens with two attached hydrogens (primary N) is 1. The van der Waals surface area contributed by atoms with E-state index in [1.807, 2.05) is 0 Å². The van der Waals surface area contributed by atoms with Crippen LogP contribution in [0.5, 0.6) is 0 Å². The smallest absolute Gasteiger partial charge is 0.0101 e. The van der Waals surface area contributed by atoms with Crippen molar-refractivity contribution in [2.45, 2.75) is 45.1 Å². The van der Waals surface area contributed by atoms with Gasteiger partial charge in [-0.15, -0.1) is 0 Å². The van der Waals surface area contributed by atoms with Gasteiger partial charge in [-0.1, -0.05) is 57.0 Å². The molecular weight excluding hydrogens is 194 g/mol. The van der Waals surface area contributed by atoms with Gasteiger partial charge in [0.25, 0.3) is 0 Å². The van der Waals surface area contributed by atoms with Crippen LogP contribution < -0.4 is 5.73 Å². The van der Waals surface area contributed by atoms with Crippen LogP contribution in [0.15, 0.2) is 30.3 Å². The summed E-state index contributed by atoms with van der Waals surface area (Å²) in [7, 11) is 0. The molecule has 2 N–H and O–H groups in total. The van der Waals surface area contributed by atoms with E-state index in [1.54, 1.807) is 0 Å². The maximum absolute atomic E-state index is 6.37. The zero-order chi connectivity index (χ0) is 11.5. The predicted octanol–water partition coefficient (Wildman–Crippen LogP) is 3.55. The van der Waals surface area contributed by atoms with E-state index in [0.717, 1.165) is 11.8 Å². The lowest BCUT2D eigenvalue weighted by molar-refractivity contribution is 0.360. The second-order valence-electron chi connectivity index (χ2n) is 5.07. The Morgan fingerprint density at radius 3 is 2.38 bits per heavy atom. The molecule has 1 nitrogen and oxygen atoms in total. The molecule has 1 aromatic carbocycles. The molecule has 0 heterocycles. The Balaban J connectivity index is 1.96. The summed E-state index contributed by atoms with van der Waals surface area (Å²) in [5, 5.41) is 0. The molecular formula is C15H23N. The highest BCUT2D eigenvalue weighted by atomic mass is 14.7. The van der Waals surface area contributed by atoms with Gasteiger partial charge in [-0.25, -0.2) is 0 Å². The first-order valence-electron chi connectivity index (χ1n) is 6.58. The van der Waals surface area contributed by atoms with Crippen LogP contribution in [0.2, 0.25) is 0 Å². The summed E-state index contributed by atoms with van der Waals surface area (Å²) in [4.78, 5) is 0. The van der Waals surface area contributed by atoms with Gasteiger partial charge in [-0.2, -0.15) is 0 Å². The van der Waals surface area contributed by atoms with Crippen molar-refractivity contribution in [1.82, 2.24) is 0 Å². The van der Waals surface area contributed by atoms with Crippen LogP contribution in [0.1, 0.15) is 44.6 Å². The largest absolute Gasteiger partial charge is 0.327 e. The summed E-state index contributed by atoms with van der Waals surface area (Å²) in [6.45, 7) is 4.52. The van der Waals surface area contributed by atoms with Crippen LogP contribution >= 0.6 is 0 Å². The maximum atomic E-state index is 6.37. The Hall–Kier alpha value is -0.820. The minimum absolute atomic E-state index is 0.403. The third kappa shape index (κ3) is 2.30. The Labute approximate surface area is 99.0 Å². The molecule has 1 saturated carbocycles. The highest BCUT2D eigenvalue weighted by Gasteiger charge is 2.43. The van der Waals surface area contributed by atoms with Gasteiger partial charge >= 0.3 is 0 Å². The van der Waals surface area contributed by atoms with E-state index in [-0.39, 0.29) is 0 Å². The number of rotatable bonds is 5. The zero-order valence-electron chi connectivity index (χ0n) is 10.4. The molecule has 88 valence electrons. The molecule has 1 aliphatic rings. The molecule has 0 bridgehead atoms. The van der Waals surface area contributed by atoms with E-state index in [9.17, 15) is 0 Å². The maximum Gasteiger partial charge on any atom is 0.0101 e. The highest BCUT2D eigenvalue weighted by molar-refractivity contribution is 5.26. The van der Waals surface area contributed by atoms with Gasteiger partial charge < -0.3 is 5.73 Å². The summed E-state index contributed by atoms with van der Waals surface area (Å²) >= 11 is 0. The molecule has 3 unspecified atom stereocenters. The monoisotopic (exact) mass is 217 g/mol. The average molecular weight is 217 g/mol. The molecule has 0 saturated heterocycles. The van der Waals surface area contributed by atoms with Crippen LogP contribution in [0.3, 0.4) is 0 Å². The van der Waals surface area contributed by atoms with E-state index in [1.165, 1.54) is 24.8 Å². The Morgan fingerprint density at radius 1 is 1.19 bits per heavy atom. The molecule has 2 rings (SSSR count). The van der Waals surface area contributed by atoms with Gasteiger partial charge in [0.2, 0.25) is 0 Å². The molecule has 1 heteroatoms. The first-order valence-corrected chi connectivity index (χ1v) is 6.58. The summed E-state index contributed by atoms with van der Waals surface area (Å²) in [5.74, 6) is 2.17. The molecule has 0 spiro atoms. The average Bonchev–Trinajstić information content (AvgIpc) is 3.11. The summed E-state index contributed by atoms with van der Waals surface area (Å²) in [6.07, 6.45) is 3.73. The lowest BCUT2D eigenvalue weighted by Crippen LogP contribution is -2.32. The summed E-state index contributed by atoms with van der Waals surface area (Å²) < 4.78 is 0. The quantitative estimate of drug-likeness (QED) is 0.802. The minimum Gasteiger partial charge on any atom is -0.327 e. The van der Waals surface area contributed by atoms with Crippen molar-refractivity contribution < 1.29 is 0 Å². The highest BCUT2D eigenvalue weighted by Crippen LogP contribution is 2.50. The fourth-order valence-corrected chi connectivity index (χ4v) is 2.91. The Bertz CT molecular complexity index is 315. The van der Waals surface area contributed by atoms with Crippen molar-refractivity contribution in [3.8, 4) is 0 Å². The van der Waals surface area contributed by atoms with Crippen LogP contribution in [0.25, 0.3) is 0 Å². The van der Waals surface area contributed by atoms with Crippen molar-refractivity contribution in [3.63, 3.8) is 0 Å². The molecule has 3 atom stereocenters. The van der Waals surface area contributed by atoms with Crippen LogP contribution in [0.4, 0.5) is 0 Å².